The zero-order chi connectivity index (χ0) is 9.73. The molecule has 0 aromatic heterocycles. The van der Waals surface area contributed by atoms with Crippen molar-refractivity contribution in [2.45, 2.75) is 25.2 Å². The molecule has 1 rings (SSSR count). The fourth-order valence-corrected chi connectivity index (χ4v) is 4.04. The van der Waals surface area contributed by atoms with Gasteiger partial charge in [0.25, 0.3) is 0 Å². The number of allylic oxidation sites excluding steroid dienone is 2. The highest BCUT2D eigenvalue weighted by Crippen LogP contribution is 2.57. The molecule has 13 heavy (non-hydrogen) atoms. The Morgan fingerprint density at radius 3 is 2.54 bits per heavy atom. The monoisotopic (exact) mass is 196 g/mol. The number of unbranched alkanes of at least 4 members (excludes halogenated alkanes) is 1. The van der Waals surface area contributed by atoms with Crippen molar-refractivity contribution in [1.82, 2.24) is 0 Å². The van der Waals surface area contributed by atoms with Crippen molar-refractivity contribution < 1.29 is 5.11 Å². The summed E-state index contributed by atoms with van der Waals surface area (Å²) >= 11 is 0. The van der Waals surface area contributed by atoms with Crippen molar-refractivity contribution in [2.24, 2.45) is 0 Å². The lowest BCUT2D eigenvalue weighted by atomic mass is 10.4. The van der Waals surface area contributed by atoms with Crippen LogP contribution in [0.2, 0.25) is 0 Å². The van der Waals surface area contributed by atoms with Gasteiger partial charge in [-0.05, 0) is 23.0 Å². The summed E-state index contributed by atoms with van der Waals surface area (Å²) in [6.45, 7) is 2.15. The number of hydrogen-bond donors (Lipinski definition) is 1. The lowest BCUT2D eigenvalue weighted by molar-refractivity contribution is 0.315. The molecule has 0 saturated heterocycles. The van der Waals surface area contributed by atoms with Crippen molar-refractivity contribution in [3.8, 4) is 12.3 Å². The van der Waals surface area contributed by atoms with Gasteiger partial charge in [0, 0.05) is 0 Å². The summed E-state index contributed by atoms with van der Waals surface area (Å²) in [5.74, 6) is 3.46. The number of hydrogen-bond acceptors (Lipinski definition) is 1. The van der Waals surface area contributed by atoms with E-state index in [1.165, 1.54) is 0 Å². The molecule has 1 atom stereocenters. The van der Waals surface area contributed by atoms with Crippen LogP contribution >= 0.6 is 10.0 Å². The Hall–Kier alpha value is -0.650. The lowest BCUT2D eigenvalue weighted by Gasteiger charge is -2.33. The highest BCUT2D eigenvalue weighted by Gasteiger charge is 2.26. The van der Waals surface area contributed by atoms with Gasteiger partial charge < -0.3 is 5.11 Å². The van der Waals surface area contributed by atoms with Gasteiger partial charge in [-0.3, -0.25) is 0 Å². The Bertz CT molecular complexity index is 248. The third-order valence-corrected chi connectivity index (χ3v) is 5.48. The molecule has 0 aliphatic carbocycles. The maximum Gasteiger partial charge on any atom is 0.152 e. The SMILES string of the molecule is C#CC(O)S1(CCCC)C=CC=C1. The first-order valence-electron chi connectivity index (χ1n) is 4.54. The smallest absolute Gasteiger partial charge is 0.152 e. The molecule has 1 aliphatic rings. The predicted molar refractivity (Wildman–Crippen MR) is 60.5 cm³/mol. The standard InChI is InChI=1S/C11H16OS/c1-3-5-8-13(11(12)4-2)9-6-7-10-13/h2,6-7,9-12H,3,5,8H2,1H3. The predicted octanol–water partition coefficient (Wildman–Crippen LogP) is 2.58. The van der Waals surface area contributed by atoms with E-state index in [1.54, 1.807) is 0 Å². The Kier molecular flexibility index (Phi) is 3.65. The molecule has 2 heteroatoms. The molecule has 0 fully saturated rings. The van der Waals surface area contributed by atoms with Crippen LogP contribution in [-0.2, 0) is 0 Å². The van der Waals surface area contributed by atoms with E-state index in [0.29, 0.717) is 0 Å². The molecule has 1 nitrogen and oxygen atoms in total. The summed E-state index contributed by atoms with van der Waals surface area (Å²) in [5.41, 5.74) is -0.603. The van der Waals surface area contributed by atoms with E-state index >= 15 is 0 Å². The van der Waals surface area contributed by atoms with Crippen LogP contribution in [-0.4, -0.2) is 16.3 Å². The zero-order valence-electron chi connectivity index (χ0n) is 7.94. The van der Waals surface area contributed by atoms with Gasteiger partial charge in [-0.2, -0.15) is 10.0 Å². The van der Waals surface area contributed by atoms with Crippen LogP contribution in [0.3, 0.4) is 0 Å². The van der Waals surface area contributed by atoms with Gasteiger partial charge in [-0.15, -0.1) is 6.42 Å². The first-order chi connectivity index (χ1) is 6.25. The first kappa shape index (κ1) is 10.4. The zero-order valence-corrected chi connectivity index (χ0v) is 8.76. The van der Waals surface area contributed by atoms with Gasteiger partial charge >= 0.3 is 0 Å². The largest absolute Gasteiger partial charge is 0.372 e. The summed E-state index contributed by atoms with van der Waals surface area (Å²) in [6, 6.07) is 0. The molecule has 0 aromatic carbocycles. The summed E-state index contributed by atoms with van der Waals surface area (Å²) < 4.78 is 0. The van der Waals surface area contributed by atoms with Gasteiger partial charge in [0.15, 0.2) is 5.44 Å². The molecule has 1 unspecified atom stereocenters. The minimum Gasteiger partial charge on any atom is -0.372 e. The minimum absolute atomic E-state index is 0.603. The van der Waals surface area contributed by atoms with E-state index in [1.807, 2.05) is 12.2 Å². The van der Waals surface area contributed by atoms with E-state index in [9.17, 15) is 5.11 Å². The molecule has 0 saturated carbocycles. The summed E-state index contributed by atoms with van der Waals surface area (Å²) in [4.78, 5) is 0. The van der Waals surface area contributed by atoms with E-state index in [-0.39, 0.29) is 0 Å². The highest BCUT2D eigenvalue weighted by atomic mass is 32.3. The summed E-state index contributed by atoms with van der Waals surface area (Å²) in [7, 11) is -1.19. The molecule has 0 amide bonds. The van der Waals surface area contributed by atoms with Crippen LogP contribution in [0.5, 0.6) is 0 Å². The molecule has 0 radical (unpaired) electrons. The third-order valence-electron chi connectivity index (χ3n) is 2.18. The number of aliphatic hydroxyl groups excluding tert-OH is 1. The second kappa shape index (κ2) is 4.55. The molecular formula is C11H16OS. The lowest BCUT2D eigenvalue weighted by Crippen LogP contribution is -2.14. The average Bonchev–Trinajstić information content (AvgIpc) is 2.63. The maximum absolute atomic E-state index is 9.73. The maximum atomic E-state index is 9.73. The molecular weight excluding hydrogens is 180 g/mol. The van der Waals surface area contributed by atoms with Crippen LogP contribution in [0.15, 0.2) is 23.0 Å². The van der Waals surface area contributed by atoms with E-state index in [4.69, 9.17) is 6.42 Å². The van der Waals surface area contributed by atoms with Crippen LogP contribution < -0.4 is 0 Å². The second-order valence-corrected chi connectivity index (χ2v) is 6.36. The fourth-order valence-electron chi connectivity index (χ4n) is 1.35. The van der Waals surface area contributed by atoms with Crippen molar-refractivity contribution >= 4 is 10.0 Å². The molecule has 1 aliphatic heterocycles. The minimum atomic E-state index is -1.19. The van der Waals surface area contributed by atoms with Crippen molar-refractivity contribution in [1.29, 1.82) is 0 Å². The van der Waals surface area contributed by atoms with Crippen LogP contribution in [0.4, 0.5) is 0 Å². The molecule has 72 valence electrons. The highest BCUT2D eigenvalue weighted by molar-refractivity contribution is 8.39. The normalized spacial score (nSPS) is 22.5. The first-order valence-corrected chi connectivity index (χ1v) is 6.53. The van der Waals surface area contributed by atoms with Gasteiger partial charge in [-0.1, -0.05) is 31.4 Å². The molecule has 1 heterocycles. The quantitative estimate of drug-likeness (QED) is 0.685. The van der Waals surface area contributed by atoms with Gasteiger partial charge in [0.05, 0.1) is 0 Å². The molecule has 0 spiro atoms. The topological polar surface area (TPSA) is 20.2 Å². The Morgan fingerprint density at radius 2 is 2.08 bits per heavy atom. The van der Waals surface area contributed by atoms with Gasteiger partial charge in [0.2, 0.25) is 0 Å². The van der Waals surface area contributed by atoms with Crippen molar-refractivity contribution in [3.05, 3.63) is 23.0 Å². The van der Waals surface area contributed by atoms with Gasteiger partial charge in [0.1, 0.15) is 0 Å². The summed E-state index contributed by atoms with van der Waals surface area (Å²) in [6.07, 6.45) is 11.5. The van der Waals surface area contributed by atoms with Crippen LogP contribution in [0.1, 0.15) is 19.8 Å². The van der Waals surface area contributed by atoms with E-state index < -0.39 is 15.5 Å². The van der Waals surface area contributed by atoms with E-state index in [0.717, 1.165) is 18.6 Å². The average molecular weight is 196 g/mol. The number of aliphatic hydroxyl groups is 1. The van der Waals surface area contributed by atoms with E-state index in [2.05, 4.69) is 23.7 Å². The van der Waals surface area contributed by atoms with Crippen molar-refractivity contribution in [3.63, 3.8) is 0 Å². The van der Waals surface area contributed by atoms with Gasteiger partial charge in [-0.25, -0.2) is 0 Å². The second-order valence-electron chi connectivity index (χ2n) is 3.14. The number of rotatable bonds is 4. The number of terminal acetylenes is 1. The molecule has 0 aromatic rings. The fraction of sp³-hybridized carbons (Fsp3) is 0.455. The molecule has 1 N–H and O–H groups in total. The summed E-state index contributed by atoms with van der Waals surface area (Å²) in [5, 5.41) is 13.9. The Labute approximate surface area is 81.9 Å². The Morgan fingerprint density at radius 1 is 1.46 bits per heavy atom. The van der Waals surface area contributed by atoms with Crippen LogP contribution in [0, 0.1) is 12.3 Å². The van der Waals surface area contributed by atoms with Crippen molar-refractivity contribution in [2.75, 3.05) is 5.75 Å². The Balaban J connectivity index is 2.72. The molecule has 0 bridgehead atoms. The van der Waals surface area contributed by atoms with Crippen LogP contribution in [0.25, 0.3) is 0 Å². The third kappa shape index (κ3) is 2.18.